The molecule has 0 aliphatic carbocycles. The summed E-state index contributed by atoms with van der Waals surface area (Å²) in [6, 6.07) is 5.57. The number of carboxylic acid groups (broad SMARTS) is 1. The quantitative estimate of drug-likeness (QED) is 0.768. The van der Waals surface area contributed by atoms with E-state index in [1.54, 1.807) is 6.07 Å². The number of carbonyl (C=O) groups is 1. The molecule has 2 unspecified atom stereocenters. The van der Waals surface area contributed by atoms with Crippen molar-refractivity contribution in [3.63, 3.8) is 0 Å². The lowest BCUT2D eigenvalue weighted by atomic mass is 9.90. The Morgan fingerprint density at radius 2 is 1.95 bits per heavy atom. The van der Waals surface area contributed by atoms with Crippen molar-refractivity contribution in [1.29, 1.82) is 0 Å². The molecule has 0 aliphatic heterocycles. The Bertz CT molecular complexity index is 489. The molecular weight excluding hydrogens is 295 g/mol. The van der Waals surface area contributed by atoms with E-state index >= 15 is 0 Å². The first-order valence-electron chi connectivity index (χ1n) is 7.33. The monoisotopic (exact) mass is 317 g/mol. The predicted octanol–water partition coefficient (Wildman–Crippen LogP) is 3.71. The van der Waals surface area contributed by atoms with Crippen LogP contribution in [-0.2, 0) is 17.4 Å². The Morgan fingerprint density at radius 3 is 2.50 bits per heavy atom. The van der Waals surface area contributed by atoms with Gasteiger partial charge in [0.05, 0.1) is 11.5 Å². The molecule has 0 amide bonds. The molecule has 6 heteroatoms. The zero-order chi connectivity index (χ0) is 16.8. The van der Waals surface area contributed by atoms with Gasteiger partial charge in [-0.05, 0) is 36.8 Å². The van der Waals surface area contributed by atoms with Crippen LogP contribution in [0, 0.1) is 11.8 Å². The topological polar surface area (TPSA) is 63.3 Å². The van der Waals surface area contributed by atoms with Crippen LogP contribution < -0.4 is 5.73 Å². The van der Waals surface area contributed by atoms with E-state index in [0.717, 1.165) is 6.07 Å². The van der Waals surface area contributed by atoms with Crippen molar-refractivity contribution < 1.29 is 23.1 Å². The second kappa shape index (κ2) is 8.17. The first-order valence-corrected chi connectivity index (χ1v) is 7.33. The number of benzene rings is 1. The Labute approximate surface area is 128 Å². The predicted molar refractivity (Wildman–Crippen MR) is 78.3 cm³/mol. The molecule has 124 valence electrons. The van der Waals surface area contributed by atoms with Crippen LogP contribution in [0.3, 0.4) is 0 Å². The maximum atomic E-state index is 12.9. The van der Waals surface area contributed by atoms with Crippen molar-refractivity contribution in [1.82, 2.24) is 0 Å². The molecule has 0 aromatic heterocycles. The minimum atomic E-state index is -4.34. The molecule has 1 rings (SSSR count). The second-order valence-electron chi connectivity index (χ2n) is 5.66. The summed E-state index contributed by atoms with van der Waals surface area (Å²) in [4.78, 5) is 10.9. The van der Waals surface area contributed by atoms with E-state index in [-0.39, 0.29) is 18.0 Å². The highest BCUT2D eigenvalue weighted by Crippen LogP contribution is 2.32. The SMILES string of the molecule is CC(CCCc1ccccc1C(F)(F)F)CC(CN)C(=O)O. The van der Waals surface area contributed by atoms with Gasteiger partial charge in [-0.3, -0.25) is 4.79 Å². The highest BCUT2D eigenvalue weighted by atomic mass is 19.4. The summed E-state index contributed by atoms with van der Waals surface area (Å²) < 4.78 is 38.6. The van der Waals surface area contributed by atoms with Crippen LogP contribution >= 0.6 is 0 Å². The Morgan fingerprint density at radius 1 is 1.32 bits per heavy atom. The molecule has 1 aromatic carbocycles. The average Bonchev–Trinajstić information content (AvgIpc) is 2.44. The average molecular weight is 317 g/mol. The normalized spacial score (nSPS) is 14.6. The lowest BCUT2D eigenvalue weighted by Gasteiger charge is -2.17. The molecule has 0 saturated carbocycles. The number of halogens is 3. The largest absolute Gasteiger partial charge is 0.481 e. The van der Waals surface area contributed by atoms with Gasteiger partial charge in [-0.25, -0.2) is 0 Å². The zero-order valence-corrected chi connectivity index (χ0v) is 12.6. The first kappa shape index (κ1) is 18.5. The summed E-state index contributed by atoms with van der Waals surface area (Å²) in [6.45, 7) is 1.98. The Kier molecular flexibility index (Phi) is 6.87. The highest BCUT2D eigenvalue weighted by molar-refractivity contribution is 5.70. The van der Waals surface area contributed by atoms with Crippen LogP contribution in [0.4, 0.5) is 13.2 Å². The zero-order valence-electron chi connectivity index (χ0n) is 12.6. The van der Waals surface area contributed by atoms with Crippen molar-refractivity contribution in [2.24, 2.45) is 17.6 Å². The second-order valence-corrected chi connectivity index (χ2v) is 5.66. The van der Waals surface area contributed by atoms with Gasteiger partial charge in [0.25, 0.3) is 0 Å². The minimum Gasteiger partial charge on any atom is -0.481 e. The van der Waals surface area contributed by atoms with E-state index in [2.05, 4.69) is 0 Å². The van der Waals surface area contributed by atoms with Gasteiger partial charge in [0.1, 0.15) is 0 Å². The summed E-state index contributed by atoms with van der Waals surface area (Å²) >= 11 is 0. The van der Waals surface area contributed by atoms with Gasteiger partial charge in [0.15, 0.2) is 0 Å². The molecule has 3 nitrogen and oxygen atoms in total. The van der Waals surface area contributed by atoms with E-state index in [9.17, 15) is 18.0 Å². The standard InChI is InChI=1S/C16H22F3NO2/c1-11(9-13(10-20)15(21)22)5-4-7-12-6-2-3-8-14(12)16(17,18)19/h2-3,6,8,11,13H,4-5,7,9-10,20H2,1H3,(H,21,22). The summed E-state index contributed by atoms with van der Waals surface area (Å²) in [5.74, 6) is -1.39. The van der Waals surface area contributed by atoms with Crippen LogP contribution in [0.15, 0.2) is 24.3 Å². The molecule has 0 fully saturated rings. The van der Waals surface area contributed by atoms with Gasteiger partial charge in [-0.15, -0.1) is 0 Å². The summed E-state index contributed by atoms with van der Waals surface area (Å²) in [6.07, 6.45) is -2.29. The first-order chi connectivity index (χ1) is 10.3. The number of nitrogens with two attached hydrogens (primary N) is 1. The highest BCUT2D eigenvalue weighted by Gasteiger charge is 2.32. The number of alkyl halides is 3. The Balaban J connectivity index is 2.53. The third kappa shape index (κ3) is 5.67. The molecule has 0 heterocycles. The molecule has 22 heavy (non-hydrogen) atoms. The number of aryl methyl sites for hydroxylation is 1. The molecule has 0 radical (unpaired) electrons. The van der Waals surface area contributed by atoms with E-state index in [4.69, 9.17) is 10.8 Å². The van der Waals surface area contributed by atoms with E-state index in [0.29, 0.717) is 25.7 Å². The smallest absolute Gasteiger partial charge is 0.416 e. The van der Waals surface area contributed by atoms with Crippen LogP contribution in [0.1, 0.15) is 37.3 Å². The number of aliphatic carboxylic acids is 1. The fraction of sp³-hybridized carbons (Fsp3) is 0.562. The van der Waals surface area contributed by atoms with E-state index < -0.39 is 23.6 Å². The van der Waals surface area contributed by atoms with Crippen LogP contribution in [0.5, 0.6) is 0 Å². The van der Waals surface area contributed by atoms with Crippen molar-refractivity contribution >= 4 is 5.97 Å². The van der Waals surface area contributed by atoms with Gasteiger partial charge < -0.3 is 10.8 Å². The van der Waals surface area contributed by atoms with Gasteiger partial charge in [-0.2, -0.15) is 13.2 Å². The number of hydrogen-bond acceptors (Lipinski definition) is 2. The molecular formula is C16H22F3NO2. The lowest BCUT2D eigenvalue weighted by Crippen LogP contribution is -2.25. The minimum absolute atomic E-state index is 0.0799. The summed E-state index contributed by atoms with van der Waals surface area (Å²) in [7, 11) is 0. The van der Waals surface area contributed by atoms with Crippen LogP contribution in [0.25, 0.3) is 0 Å². The fourth-order valence-electron chi connectivity index (χ4n) is 2.56. The molecule has 1 aromatic rings. The van der Waals surface area contributed by atoms with E-state index in [1.165, 1.54) is 12.1 Å². The molecule has 2 atom stereocenters. The van der Waals surface area contributed by atoms with E-state index in [1.807, 2.05) is 6.92 Å². The molecule has 0 aliphatic rings. The number of carboxylic acids is 1. The van der Waals surface area contributed by atoms with Gasteiger partial charge in [0, 0.05) is 6.54 Å². The number of hydrogen-bond donors (Lipinski definition) is 2. The lowest BCUT2D eigenvalue weighted by molar-refractivity contribution is -0.142. The third-order valence-electron chi connectivity index (χ3n) is 3.79. The van der Waals surface area contributed by atoms with Crippen LogP contribution in [0.2, 0.25) is 0 Å². The van der Waals surface area contributed by atoms with Gasteiger partial charge >= 0.3 is 12.1 Å². The molecule has 0 bridgehead atoms. The van der Waals surface area contributed by atoms with Gasteiger partial charge in [-0.1, -0.05) is 31.5 Å². The van der Waals surface area contributed by atoms with Crippen molar-refractivity contribution in [2.75, 3.05) is 6.54 Å². The maximum Gasteiger partial charge on any atom is 0.416 e. The Hall–Kier alpha value is -1.56. The third-order valence-corrected chi connectivity index (χ3v) is 3.79. The summed E-state index contributed by atoms with van der Waals surface area (Å²) in [5.41, 5.74) is 5.10. The van der Waals surface area contributed by atoms with Gasteiger partial charge in [0.2, 0.25) is 0 Å². The molecule has 0 spiro atoms. The summed E-state index contributed by atoms with van der Waals surface area (Å²) in [5, 5.41) is 8.95. The maximum absolute atomic E-state index is 12.9. The van der Waals surface area contributed by atoms with Crippen LogP contribution in [-0.4, -0.2) is 17.6 Å². The molecule has 0 saturated heterocycles. The van der Waals surface area contributed by atoms with Crippen molar-refractivity contribution in [3.05, 3.63) is 35.4 Å². The molecule has 3 N–H and O–H groups in total. The number of rotatable bonds is 8. The van der Waals surface area contributed by atoms with Crippen molar-refractivity contribution in [2.45, 2.75) is 38.8 Å². The van der Waals surface area contributed by atoms with Crippen molar-refractivity contribution in [3.8, 4) is 0 Å². The fourth-order valence-corrected chi connectivity index (χ4v) is 2.56.